The monoisotopic (exact) mass is 1170 g/mol. The van der Waals surface area contributed by atoms with Crippen molar-refractivity contribution in [3.05, 3.63) is 0 Å². The second-order valence-corrected chi connectivity index (χ2v) is 18.6. The molecule has 0 aliphatic heterocycles. The molecule has 0 rings (SSSR count). The Morgan fingerprint density at radius 1 is 0.284 bits per heavy atom. The van der Waals surface area contributed by atoms with E-state index in [1.165, 1.54) is 0 Å². The normalized spacial score (nSPS) is 14.6. The summed E-state index contributed by atoms with van der Waals surface area (Å²) in [6.07, 6.45) is 7.37. The van der Waals surface area contributed by atoms with Crippen molar-refractivity contribution in [2.24, 2.45) is 57.3 Å². The van der Waals surface area contributed by atoms with Gasteiger partial charge in [0.1, 0.15) is 54.6 Å². The zero-order valence-electron chi connectivity index (χ0n) is 46.3. The van der Waals surface area contributed by atoms with Crippen LogP contribution in [0.15, 0.2) is 0 Å². The second kappa shape index (κ2) is 49.3. The van der Waals surface area contributed by atoms with E-state index in [1.807, 2.05) is 0 Å². The van der Waals surface area contributed by atoms with Crippen LogP contribution in [0, 0.1) is 0 Å². The minimum absolute atomic E-state index is 0.154. The van der Waals surface area contributed by atoms with Gasteiger partial charge in [0.05, 0.1) is 6.04 Å². The number of carbonyl (C=O) groups excluding carboxylic acids is 9. The minimum Gasteiger partial charge on any atom is -0.369 e. The Hall–Kier alpha value is -5.29. The largest absolute Gasteiger partial charge is 0.369 e. The van der Waals surface area contributed by atoms with Crippen LogP contribution in [-0.2, 0) is 81.9 Å². The first-order chi connectivity index (χ1) is 38.8. The summed E-state index contributed by atoms with van der Waals surface area (Å²) < 4.78 is 0. The summed E-state index contributed by atoms with van der Waals surface area (Å²) in [5.41, 5.74) is 77.2. The first-order valence-electron chi connectivity index (χ1n) is 27.2. The first kappa shape index (κ1) is 75.7. The van der Waals surface area contributed by atoms with E-state index in [2.05, 4.69) is 43.8 Å². The number of unbranched alkanes of at least 4 members (excludes halogenated alkanes) is 1. The number of nitrogens with one attached hydrogen (secondary N) is 8. The summed E-state index contributed by atoms with van der Waals surface area (Å²) >= 11 is 0. The van der Waals surface area contributed by atoms with E-state index < -0.39 is 102 Å². The summed E-state index contributed by atoms with van der Waals surface area (Å²) in [4.78, 5) is 148. The standard InChI is InChI=1S/C46H94N18O17/c47-20-2-1-11-30(29-65)64-81-46(73)38(56)19-10-28-63-80-45(72)37(55)18-9-27-62-79-44(71)36(54)17-8-26-61-78-43(70)35(53)16-7-25-60-77-42(69)34(52)15-6-24-59-76-41(68)33(51)14-5-23-58-75-40(67)32(50)13-4-22-57-74-39(66)31(49)12-3-21-48/h29-38,57-64H,1-28,47-56H2/t30-,31?,32?,33?,34?,35?,36?,37?,38?/m0/s1. The van der Waals surface area contributed by atoms with Crippen molar-refractivity contribution in [3.63, 3.8) is 0 Å². The third-order valence-electron chi connectivity index (χ3n) is 11.4. The highest BCUT2D eigenvalue weighted by Crippen LogP contribution is 2.04. The number of aldehydes is 1. The SMILES string of the molecule is NCCCC[C@@H](C=O)NOC(=O)C(N)CCCNOC(=O)C(N)CCCNOC(=O)C(N)CCCNOC(=O)C(N)CCCNOC(=O)C(N)CCCNOC(=O)C(N)CCCNOC(=O)C(N)CCCNOC(=O)C(N)CCCN. The molecule has 0 amide bonds. The smallest absolute Gasteiger partial charge is 0.341 e. The van der Waals surface area contributed by atoms with E-state index in [9.17, 15) is 43.2 Å². The number of hydrogen-bond donors (Lipinski definition) is 18. The van der Waals surface area contributed by atoms with Gasteiger partial charge in [0.2, 0.25) is 0 Å². The molecule has 0 spiro atoms. The van der Waals surface area contributed by atoms with Gasteiger partial charge in [-0.15, -0.1) is 5.48 Å². The summed E-state index contributed by atoms with van der Waals surface area (Å²) in [6.45, 7) is 2.14. The number of nitrogens with two attached hydrogens (primary N) is 10. The average molecular weight is 1170 g/mol. The van der Waals surface area contributed by atoms with E-state index >= 15 is 0 Å². The Morgan fingerprint density at radius 2 is 0.481 bits per heavy atom. The van der Waals surface area contributed by atoms with E-state index in [0.717, 1.165) is 6.42 Å². The van der Waals surface area contributed by atoms with E-state index in [0.29, 0.717) is 90.0 Å². The Kier molecular flexibility index (Phi) is 46.1. The highest BCUT2D eigenvalue weighted by molar-refractivity contribution is 5.78. The predicted octanol–water partition coefficient (Wildman–Crippen LogP) is -7.12. The molecule has 35 heteroatoms. The quantitative estimate of drug-likeness (QED) is 0.0116. The minimum atomic E-state index is -0.995. The maximum absolute atomic E-state index is 12.2. The lowest BCUT2D eigenvalue weighted by Crippen LogP contribution is -2.40. The molecular weight excluding hydrogens is 1080 g/mol. The third-order valence-corrected chi connectivity index (χ3v) is 11.4. The van der Waals surface area contributed by atoms with Gasteiger partial charge in [-0.3, -0.25) is 0 Å². The van der Waals surface area contributed by atoms with E-state index in [-0.39, 0.29) is 90.8 Å². The molecule has 0 saturated carbocycles. The molecular formula is C46H94N18O17. The molecule has 8 unspecified atom stereocenters. The molecule has 0 bridgehead atoms. The van der Waals surface area contributed by atoms with Gasteiger partial charge in [-0.1, -0.05) is 6.42 Å². The Morgan fingerprint density at radius 3 is 0.679 bits per heavy atom. The van der Waals surface area contributed by atoms with Crippen LogP contribution in [0.3, 0.4) is 0 Å². The average Bonchev–Trinajstić information content (AvgIpc) is 3.45. The van der Waals surface area contributed by atoms with Gasteiger partial charge in [-0.05, 0) is 129 Å². The molecule has 0 heterocycles. The van der Waals surface area contributed by atoms with Gasteiger partial charge in [-0.25, -0.2) is 38.4 Å². The van der Waals surface area contributed by atoms with Gasteiger partial charge in [-0.2, -0.15) is 38.4 Å². The van der Waals surface area contributed by atoms with Crippen LogP contribution in [0.5, 0.6) is 0 Å². The second-order valence-electron chi connectivity index (χ2n) is 18.6. The maximum atomic E-state index is 12.2. The fourth-order valence-corrected chi connectivity index (χ4v) is 6.30. The molecule has 9 atom stereocenters. The van der Waals surface area contributed by atoms with Gasteiger partial charge in [0.25, 0.3) is 0 Å². The third kappa shape index (κ3) is 40.5. The maximum Gasteiger partial charge on any atom is 0.341 e. The van der Waals surface area contributed by atoms with Gasteiger partial charge in [0, 0.05) is 45.8 Å². The molecule has 81 heavy (non-hydrogen) atoms. The van der Waals surface area contributed by atoms with Crippen LogP contribution < -0.4 is 101 Å². The van der Waals surface area contributed by atoms with Gasteiger partial charge in [0.15, 0.2) is 0 Å². The lowest BCUT2D eigenvalue weighted by Gasteiger charge is -2.15. The van der Waals surface area contributed by atoms with Crippen molar-refractivity contribution in [1.82, 2.24) is 43.8 Å². The molecule has 35 nitrogen and oxygen atoms in total. The molecule has 0 aromatic carbocycles. The molecule has 0 saturated heterocycles. The molecule has 0 aromatic rings. The fraction of sp³-hybridized carbons (Fsp3) is 0.804. The molecule has 0 aromatic heterocycles. The summed E-state index contributed by atoms with van der Waals surface area (Å²) in [5.74, 6) is -5.70. The predicted molar refractivity (Wildman–Crippen MR) is 287 cm³/mol. The van der Waals surface area contributed by atoms with Crippen molar-refractivity contribution in [3.8, 4) is 0 Å². The highest BCUT2D eigenvalue weighted by atomic mass is 16.7. The van der Waals surface area contributed by atoms with Crippen LogP contribution >= 0.6 is 0 Å². The van der Waals surface area contributed by atoms with Crippen molar-refractivity contribution in [2.75, 3.05) is 58.9 Å². The molecule has 28 N–H and O–H groups in total. The Labute approximate surface area is 471 Å². The zero-order chi connectivity index (χ0) is 60.6. The fourth-order valence-electron chi connectivity index (χ4n) is 6.30. The van der Waals surface area contributed by atoms with Crippen molar-refractivity contribution < 1.29 is 81.9 Å². The van der Waals surface area contributed by atoms with E-state index in [4.69, 9.17) is 96.0 Å². The molecule has 0 aliphatic carbocycles. The van der Waals surface area contributed by atoms with Crippen LogP contribution in [-0.4, -0.2) is 167 Å². The number of hydrogen-bond acceptors (Lipinski definition) is 35. The molecule has 0 aliphatic rings. The van der Waals surface area contributed by atoms with E-state index in [1.54, 1.807) is 0 Å². The summed E-state index contributed by atoms with van der Waals surface area (Å²) in [6, 6.07) is -8.27. The van der Waals surface area contributed by atoms with Crippen molar-refractivity contribution in [1.29, 1.82) is 0 Å². The molecule has 0 fully saturated rings. The van der Waals surface area contributed by atoms with Gasteiger partial charge >= 0.3 is 47.8 Å². The van der Waals surface area contributed by atoms with Crippen molar-refractivity contribution >= 4 is 54.0 Å². The number of rotatable bonds is 53. The first-order valence-corrected chi connectivity index (χ1v) is 27.2. The Balaban J connectivity index is 3.93. The van der Waals surface area contributed by atoms with Crippen molar-refractivity contribution in [2.45, 2.75) is 176 Å². The van der Waals surface area contributed by atoms with Crippen LogP contribution in [0.2, 0.25) is 0 Å². The summed E-state index contributed by atoms with van der Waals surface area (Å²) in [5, 5.41) is 0. The number of carbonyl (C=O) groups is 9. The van der Waals surface area contributed by atoms with Crippen LogP contribution in [0.1, 0.15) is 122 Å². The summed E-state index contributed by atoms with van der Waals surface area (Å²) in [7, 11) is 0. The zero-order valence-corrected chi connectivity index (χ0v) is 46.3. The highest BCUT2D eigenvalue weighted by Gasteiger charge is 2.23. The lowest BCUT2D eigenvalue weighted by molar-refractivity contribution is -0.156. The topological polar surface area (TPSA) is 584 Å². The lowest BCUT2D eigenvalue weighted by atomic mass is 10.1. The Bertz CT molecular complexity index is 1770. The van der Waals surface area contributed by atoms with Crippen LogP contribution in [0.4, 0.5) is 0 Å². The molecule has 0 radical (unpaired) electrons. The van der Waals surface area contributed by atoms with Gasteiger partial charge < -0.3 is 101 Å². The van der Waals surface area contributed by atoms with Crippen LogP contribution in [0.25, 0.3) is 0 Å². The molecule has 470 valence electrons. The number of hydroxylamine groups is 8.